The van der Waals surface area contributed by atoms with Gasteiger partial charge in [0, 0.05) is 24.1 Å². The number of hydrogen-bond acceptors (Lipinski definition) is 6. The number of aromatic nitrogens is 2. The van der Waals surface area contributed by atoms with Gasteiger partial charge < -0.3 is 20.1 Å². The fraction of sp³-hybridized carbons (Fsp3) is 0.500. The third kappa shape index (κ3) is 6.62. The summed E-state index contributed by atoms with van der Waals surface area (Å²) in [5.74, 6) is -1.39. The zero-order valence-corrected chi connectivity index (χ0v) is 28.2. The molecule has 0 saturated carbocycles. The summed E-state index contributed by atoms with van der Waals surface area (Å²) in [4.78, 5) is 29.3. The van der Waals surface area contributed by atoms with E-state index in [2.05, 4.69) is 49.4 Å². The van der Waals surface area contributed by atoms with Crippen LogP contribution in [0.25, 0.3) is 0 Å². The predicted molar refractivity (Wildman–Crippen MR) is 174 cm³/mol. The maximum Gasteiger partial charge on any atom is 0.326 e. The van der Waals surface area contributed by atoms with Crippen LogP contribution in [0.5, 0.6) is 5.75 Å². The molecule has 1 amide bonds. The lowest BCUT2D eigenvalue weighted by molar-refractivity contribution is -0.144. The maximum absolute atomic E-state index is 14.6. The second-order valence-corrected chi connectivity index (χ2v) is 15.0. The average molecular weight is 614 g/mol. The number of rotatable bonds is 7. The molecule has 2 N–H and O–H groups in total. The highest BCUT2D eigenvalue weighted by Gasteiger charge is 2.58. The highest BCUT2D eigenvalue weighted by atomic mass is 16.5. The topological polar surface area (TPSA) is 120 Å². The smallest absolute Gasteiger partial charge is 0.326 e. The van der Waals surface area contributed by atoms with E-state index in [1.807, 2.05) is 77.9 Å². The summed E-state index contributed by atoms with van der Waals surface area (Å²) in [6, 6.07) is 15.6. The van der Waals surface area contributed by atoms with Crippen LogP contribution in [0.15, 0.2) is 54.7 Å². The monoisotopic (exact) mass is 613 g/mol. The quantitative estimate of drug-likeness (QED) is 0.321. The Balaban J connectivity index is 1.90. The van der Waals surface area contributed by atoms with Gasteiger partial charge in [-0.2, -0.15) is 10.4 Å². The molecule has 45 heavy (non-hydrogen) atoms. The number of amides is 1. The van der Waals surface area contributed by atoms with Crippen molar-refractivity contribution in [3.8, 4) is 11.8 Å². The summed E-state index contributed by atoms with van der Waals surface area (Å²) in [6.45, 7) is 18.6. The number of carbonyl (C=O) groups excluding carboxylic acids is 1. The van der Waals surface area contributed by atoms with Crippen molar-refractivity contribution in [1.29, 1.82) is 5.26 Å². The maximum atomic E-state index is 14.6. The molecule has 0 bridgehead atoms. The first-order valence-electron chi connectivity index (χ1n) is 15.4. The minimum absolute atomic E-state index is 0.0809. The van der Waals surface area contributed by atoms with Crippen molar-refractivity contribution >= 4 is 11.9 Å². The molecule has 0 aliphatic carbocycles. The largest absolute Gasteiger partial charge is 0.496 e. The van der Waals surface area contributed by atoms with E-state index in [0.29, 0.717) is 6.54 Å². The molecule has 240 valence electrons. The number of nitrogens with zero attached hydrogens (tertiary/aromatic N) is 4. The number of benzene rings is 2. The standard InChI is InChI=1S/C36H47N5O4/c1-34(2,3)24-16-17-27(45-10)23(18-24)20-38-29-28(35(4,5)6)31(33(43)44)40(30(29)22-14-12-11-13-15-22)32(42)25-21-39-41(26(25)19-37)36(7,8)9/h11-18,21,28-31,38H,20H2,1-10H3,(H,43,44)/t28-,29-,30-,31-/m0/s1. The second kappa shape index (κ2) is 12.3. The number of carbonyl (C=O) groups is 2. The Morgan fingerprint density at radius 1 is 1.02 bits per heavy atom. The van der Waals surface area contributed by atoms with Gasteiger partial charge in [0.05, 0.1) is 30.5 Å². The summed E-state index contributed by atoms with van der Waals surface area (Å²) >= 11 is 0. The zero-order chi connectivity index (χ0) is 33.5. The normalized spacial score (nSPS) is 20.6. The molecule has 9 heteroatoms. The number of ether oxygens (including phenoxy) is 1. The molecule has 9 nitrogen and oxygen atoms in total. The van der Waals surface area contributed by atoms with Gasteiger partial charge in [0.25, 0.3) is 5.91 Å². The van der Waals surface area contributed by atoms with Crippen LogP contribution in [0, 0.1) is 22.7 Å². The van der Waals surface area contributed by atoms with Gasteiger partial charge in [0.1, 0.15) is 17.9 Å². The first-order valence-corrected chi connectivity index (χ1v) is 15.4. The molecule has 2 heterocycles. The van der Waals surface area contributed by atoms with E-state index in [-0.39, 0.29) is 16.7 Å². The first kappa shape index (κ1) is 33.7. The summed E-state index contributed by atoms with van der Waals surface area (Å²) < 4.78 is 7.25. The molecule has 1 saturated heterocycles. The summed E-state index contributed by atoms with van der Waals surface area (Å²) in [5.41, 5.74) is 1.94. The van der Waals surface area contributed by atoms with E-state index in [0.717, 1.165) is 22.4 Å². The molecule has 4 rings (SSSR count). The third-order valence-corrected chi connectivity index (χ3v) is 8.71. The molecular weight excluding hydrogens is 566 g/mol. The van der Waals surface area contributed by atoms with Crippen LogP contribution in [0.2, 0.25) is 0 Å². The van der Waals surface area contributed by atoms with Gasteiger partial charge in [-0.3, -0.25) is 4.79 Å². The fourth-order valence-corrected chi connectivity index (χ4v) is 6.58. The summed E-state index contributed by atoms with van der Waals surface area (Å²) in [7, 11) is 1.64. The fourth-order valence-electron chi connectivity index (χ4n) is 6.58. The second-order valence-electron chi connectivity index (χ2n) is 15.0. The number of nitriles is 1. The summed E-state index contributed by atoms with van der Waals surface area (Å²) in [5, 5.41) is 29.1. The lowest BCUT2D eigenvalue weighted by Crippen LogP contribution is -2.48. The molecule has 1 aliphatic heterocycles. The molecule has 0 unspecified atom stereocenters. The Morgan fingerprint density at radius 2 is 1.67 bits per heavy atom. The Morgan fingerprint density at radius 3 is 2.18 bits per heavy atom. The zero-order valence-electron chi connectivity index (χ0n) is 28.2. The van der Waals surface area contributed by atoms with Crippen molar-refractivity contribution in [3.05, 3.63) is 82.7 Å². The van der Waals surface area contributed by atoms with E-state index in [1.54, 1.807) is 7.11 Å². The number of hydrogen-bond donors (Lipinski definition) is 2. The lowest BCUT2D eigenvalue weighted by atomic mass is 9.72. The summed E-state index contributed by atoms with van der Waals surface area (Å²) in [6.07, 6.45) is 1.39. The molecule has 2 aromatic carbocycles. The highest BCUT2D eigenvalue weighted by Crippen LogP contribution is 2.49. The SMILES string of the molecule is COc1ccc(C(C)(C)C)cc1CN[C@H]1[C@H](C(C)(C)C)[C@@H](C(=O)O)N(C(=O)c2cnn(C(C)(C)C)c2C#N)[C@H]1c1ccccc1. The minimum Gasteiger partial charge on any atom is -0.496 e. The van der Waals surface area contributed by atoms with E-state index >= 15 is 0 Å². The molecule has 1 fully saturated rings. The third-order valence-electron chi connectivity index (χ3n) is 8.71. The number of carboxylic acids is 1. The Hall–Kier alpha value is -4.16. The molecule has 0 radical (unpaired) electrons. The van der Waals surface area contributed by atoms with Gasteiger partial charge in [0.15, 0.2) is 5.69 Å². The van der Waals surface area contributed by atoms with Crippen LogP contribution in [0.4, 0.5) is 0 Å². The Kier molecular flexibility index (Phi) is 9.24. The number of nitrogens with one attached hydrogen (secondary N) is 1. The molecule has 0 spiro atoms. The first-order chi connectivity index (χ1) is 20.9. The number of methoxy groups -OCH3 is 1. The van der Waals surface area contributed by atoms with Crippen LogP contribution >= 0.6 is 0 Å². The van der Waals surface area contributed by atoms with Crippen LogP contribution < -0.4 is 10.1 Å². The van der Waals surface area contributed by atoms with Crippen molar-refractivity contribution in [2.75, 3.05) is 7.11 Å². The van der Waals surface area contributed by atoms with Crippen LogP contribution in [0.3, 0.4) is 0 Å². The van der Waals surface area contributed by atoms with Gasteiger partial charge in [-0.1, -0.05) is 84.0 Å². The van der Waals surface area contributed by atoms with Gasteiger partial charge >= 0.3 is 5.97 Å². The van der Waals surface area contributed by atoms with E-state index in [9.17, 15) is 20.0 Å². The van der Waals surface area contributed by atoms with E-state index in [4.69, 9.17) is 4.74 Å². The van der Waals surface area contributed by atoms with E-state index in [1.165, 1.54) is 15.8 Å². The molecule has 1 aliphatic rings. The van der Waals surface area contributed by atoms with Crippen LogP contribution in [-0.4, -0.2) is 50.9 Å². The van der Waals surface area contributed by atoms with Crippen molar-refractivity contribution in [1.82, 2.24) is 20.0 Å². The highest BCUT2D eigenvalue weighted by molar-refractivity contribution is 5.99. The van der Waals surface area contributed by atoms with Crippen LogP contribution in [0.1, 0.15) is 101 Å². The van der Waals surface area contributed by atoms with Gasteiger partial charge in [-0.25, -0.2) is 9.48 Å². The molecule has 3 aromatic rings. The predicted octanol–water partition coefficient (Wildman–Crippen LogP) is 6.29. The van der Waals surface area contributed by atoms with Crippen molar-refractivity contribution < 1.29 is 19.4 Å². The number of carboxylic acid groups (broad SMARTS) is 1. The van der Waals surface area contributed by atoms with Gasteiger partial charge in [-0.15, -0.1) is 0 Å². The minimum atomic E-state index is -1.17. The van der Waals surface area contributed by atoms with Gasteiger partial charge in [0.2, 0.25) is 0 Å². The van der Waals surface area contributed by atoms with Crippen molar-refractivity contribution in [3.63, 3.8) is 0 Å². The molecule has 4 atom stereocenters. The number of aliphatic carboxylic acids is 1. The number of likely N-dealkylation sites (tertiary alicyclic amines) is 1. The van der Waals surface area contributed by atoms with Crippen molar-refractivity contribution in [2.45, 2.75) is 97.9 Å². The van der Waals surface area contributed by atoms with Crippen molar-refractivity contribution in [2.24, 2.45) is 11.3 Å². The Labute approximate surface area is 267 Å². The Bertz CT molecular complexity index is 1580. The van der Waals surface area contributed by atoms with E-state index < -0.39 is 46.9 Å². The molecular formula is C36H47N5O4. The average Bonchev–Trinajstić information content (AvgIpc) is 3.55. The molecule has 1 aromatic heterocycles. The lowest BCUT2D eigenvalue weighted by Gasteiger charge is -2.35. The van der Waals surface area contributed by atoms with Crippen LogP contribution in [-0.2, 0) is 22.3 Å². The van der Waals surface area contributed by atoms with Gasteiger partial charge in [-0.05, 0) is 48.8 Å².